The Bertz CT molecular complexity index is 476. The third kappa shape index (κ3) is 4.16. The summed E-state index contributed by atoms with van der Waals surface area (Å²) in [5.74, 6) is 1.14. The minimum absolute atomic E-state index is 0.234. The molecule has 20 heavy (non-hydrogen) atoms. The summed E-state index contributed by atoms with van der Waals surface area (Å²) < 4.78 is 0. The average molecular weight is 311 g/mol. The fraction of sp³-hybridized carbons (Fsp3) is 0.562. The Morgan fingerprint density at radius 3 is 2.55 bits per heavy atom. The number of hydrogen-bond acceptors (Lipinski definition) is 3. The highest BCUT2D eigenvalue weighted by Gasteiger charge is 2.27. The molecule has 0 fully saturated rings. The quantitative estimate of drug-likeness (QED) is 0.840. The largest absolute Gasteiger partial charge is 0.358 e. The molecule has 0 spiro atoms. The first kappa shape index (κ1) is 15.7. The first-order valence-corrected chi connectivity index (χ1v) is 8.45. The third-order valence-electron chi connectivity index (χ3n) is 3.61. The van der Waals surface area contributed by atoms with Gasteiger partial charge in [-0.15, -0.1) is 0 Å². The van der Waals surface area contributed by atoms with Crippen LogP contribution in [-0.4, -0.2) is 17.0 Å². The summed E-state index contributed by atoms with van der Waals surface area (Å²) >= 11 is 7.75. The Labute approximate surface area is 131 Å². The van der Waals surface area contributed by atoms with Crippen LogP contribution in [0.1, 0.15) is 45.7 Å². The predicted octanol–water partition coefficient (Wildman–Crippen LogP) is 4.90. The van der Waals surface area contributed by atoms with Crippen molar-refractivity contribution in [2.45, 2.75) is 46.2 Å². The summed E-state index contributed by atoms with van der Waals surface area (Å²) in [4.78, 5) is 4.88. The van der Waals surface area contributed by atoms with E-state index >= 15 is 0 Å². The molecule has 1 heterocycles. The highest BCUT2D eigenvalue weighted by Crippen LogP contribution is 2.30. The van der Waals surface area contributed by atoms with E-state index in [0.717, 1.165) is 22.4 Å². The van der Waals surface area contributed by atoms with E-state index < -0.39 is 0 Å². The van der Waals surface area contributed by atoms with Crippen LogP contribution in [0.25, 0.3) is 0 Å². The molecule has 0 saturated heterocycles. The van der Waals surface area contributed by atoms with Crippen LogP contribution in [0.2, 0.25) is 5.02 Å². The fourth-order valence-electron chi connectivity index (χ4n) is 2.24. The lowest BCUT2D eigenvalue weighted by Crippen LogP contribution is -2.34. The number of nitrogens with one attached hydrogen (secondary N) is 1. The molecule has 2 unspecified atom stereocenters. The Morgan fingerprint density at radius 1 is 1.30 bits per heavy atom. The zero-order valence-electron chi connectivity index (χ0n) is 12.6. The van der Waals surface area contributed by atoms with Gasteiger partial charge in [0.2, 0.25) is 0 Å². The lowest BCUT2D eigenvalue weighted by Gasteiger charge is -2.31. The first-order chi connectivity index (χ1) is 9.36. The van der Waals surface area contributed by atoms with Crippen LogP contribution in [0.3, 0.4) is 0 Å². The standard InChI is InChI=1S/C16H23ClN2S/c1-11(12-5-7-13(17)8-6-12)18-15-19-14(9-10-20-15)16(2,3)4/h5-8,11,14H,9-10H2,1-4H3,(H,18,19). The maximum Gasteiger partial charge on any atom is 0.157 e. The normalized spacial score (nSPS) is 21.2. The summed E-state index contributed by atoms with van der Waals surface area (Å²) in [6.07, 6.45) is 1.16. The van der Waals surface area contributed by atoms with Crippen molar-refractivity contribution in [1.82, 2.24) is 5.32 Å². The van der Waals surface area contributed by atoms with E-state index in [1.807, 2.05) is 23.9 Å². The Hall–Kier alpha value is -0.670. The van der Waals surface area contributed by atoms with E-state index in [-0.39, 0.29) is 11.5 Å². The number of aliphatic imine (C=N–C) groups is 1. The summed E-state index contributed by atoms with van der Waals surface area (Å²) in [6, 6.07) is 8.65. The van der Waals surface area contributed by atoms with Gasteiger partial charge in [0.25, 0.3) is 0 Å². The minimum atomic E-state index is 0.234. The molecular weight excluding hydrogens is 288 g/mol. The van der Waals surface area contributed by atoms with Crippen LogP contribution in [0, 0.1) is 5.41 Å². The second-order valence-electron chi connectivity index (χ2n) is 6.37. The van der Waals surface area contributed by atoms with Gasteiger partial charge < -0.3 is 5.32 Å². The van der Waals surface area contributed by atoms with Gasteiger partial charge in [0.1, 0.15) is 0 Å². The smallest absolute Gasteiger partial charge is 0.157 e. The fourth-order valence-corrected chi connectivity index (χ4v) is 3.36. The molecule has 0 saturated carbocycles. The average Bonchev–Trinajstić information content (AvgIpc) is 2.38. The lowest BCUT2D eigenvalue weighted by atomic mass is 9.85. The number of rotatable bonds is 2. The Morgan fingerprint density at radius 2 is 1.95 bits per heavy atom. The van der Waals surface area contributed by atoms with Crippen molar-refractivity contribution in [3.63, 3.8) is 0 Å². The first-order valence-electron chi connectivity index (χ1n) is 7.09. The molecule has 2 atom stereocenters. The van der Waals surface area contributed by atoms with E-state index in [4.69, 9.17) is 16.6 Å². The van der Waals surface area contributed by atoms with Crippen molar-refractivity contribution >= 4 is 28.5 Å². The molecule has 1 aliphatic heterocycles. The summed E-state index contributed by atoms with van der Waals surface area (Å²) in [7, 11) is 0. The van der Waals surface area contributed by atoms with Crippen molar-refractivity contribution in [2.24, 2.45) is 10.4 Å². The molecular formula is C16H23ClN2S. The van der Waals surface area contributed by atoms with Crippen LogP contribution in [0.4, 0.5) is 0 Å². The summed E-state index contributed by atoms with van der Waals surface area (Å²) in [5, 5.41) is 5.37. The highest BCUT2D eigenvalue weighted by molar-refractivity contribution is 8.13. The van der Waals surface area contributed by atoms with Crippen LogP contribution in [0.15, 0.2) is 29.3 Å². The van der Waals surface area contributed by atoms with Crippen LogP contribution in [0.5, 0.6) is 0 Å². The SMILES string of the molecule is CC(NC1=NC(C(C)(C)C)CCS1)c1ccc(Cl)cc1. The topological polar surface area (TPSA) is 24.4 Å². The van der Waals surface area contributed by atoms with Crippen molar-refractivity contribution < 1.29 is 0 Å². The van der Waals surface area contributed by atoms with Crippen molar-refractivity contribution in [2.75, 3.05) is 5.75 Å². The molecule has 1 aliphatic rings. The molecule has 2 rings (SSSR count). The molecule has 0 bridgehead atoms. The molecule has 1 aromatic carbocycles. The second kappa shape index (κ2) is 6.40. The molecule has 0 aliphatic carbocycles. The van der Waals surface area contributed by atoms with Crippen LogP contribution in [-0.2, 0) is 0 Å². The zero-order valence-corrected chi connectivity index (χ0v) is 14.2. The van der Waals surface area contributed by atoms with Crippen LogP contribution >= 0.6 is 23.4 Å². The molecule has 0 aromatic heterocycles. The maximum absolute atomic E-state index is 5.93. The number of benzene rings is 1. The van der Waals surface area contributed by atoms with Gasteiger partial charge in [-0.05, 0) is 36.5 Å². The molecule has 0 amide bonds. The minimum Gasteiger partial charge on any atom is -0.358 e. The molecule has 2 nitrogen and oxygen atoms in total. The van der Waals surface area contributed by atoms with Gasteiger partial charge in [0.15, 0.2) is 5.17 Å². The third-order valence-corrected chi connectivity index (χ3v) is 4.80. The molecule has 4 heteroatoms. The molecule has 0 radical (unpaired) electrons. The van der Waals surface area contributed by atoms with Gasteiger partial charge >= 0.3 is 0 Å². The van der Waals surface area contributed by atoms with Crippen molar-refractivity contribution in [3.05, 3.63) is 34.9 Å². The second-order valence-corrected chi connectivity index (χ2v) is 7.89. The van der Waals surface area contributed by atoms with Gasteiger partial charge in [0.05, 0.1) is 12.1 Å². The number of hydrogen-bond donors (Lipinski definition) is 1. The monoisotopic (exact) mass is 310 g/mol. The van der Waals surface area contributed by atoms with E-state index in [0.29, 0.717) is 6.04 Å². The lowest BCUT2D eigenvalue weighted by molar-refractivity contribution is 0.315. The molecule has 110 valence electrons. The van der Waals surface area contributed by atoms with Gasteiger partial charge in [-0.2, -0.15) is 0 Å². The van der Waals surface area contributed by atoms with Crippen molar-refractivity contribution in [3.8, 4) is 0 Å². The Kier molecular flexibility index (Phi) is 5.03. The summed E-state index contributed by atoms with van der Waals surface area (Å²) in [6.45, 7) is 8.94. The summed E-state index contributed by atoms with van der Waals surface area (Å²) in [5.41, 5.74) is 1.47. The number of nitrogens with zero attached hydrogens (tertiary/aromatic N) is 1. The van der Waals surface area contributed by atoms with E-state index in [2.05, 4.69) is 45.1 Å². The van der Waals surface area contributed by atoms with E-state index in [9.17, 15) is 0 Å². The predicted molar refractivity (Wildman–Crippen MR) is 90.8 cm³/mol. The van der Waals surface area contributed by atoms with Gasteiger partial charge in [-0.3, -0.25) is 4.99 Å². The van der Waals surface area contributed by atoms with Gasteiger partial charge in [0, 0.05) is 10.8 Å². The molecule has 1 aromatic rings. The number of amidine groups is 1. The Balaban J connectivity index is 2.05. The van der Waals surface area contributed by atoms with E-state index in [1.165, 1.54) is 5.56 Å². The molecule has 1 N–H and O–H groups in total. The van der Waals surface area contributed by atoms with Crippen molar-refractivity contribution in [1.29, 1.82) is 0 Å². The van der Waals surface area contributed by atoms with Gasteiger partial charge in [-0.1, -0.05) is 56.3 Å². The van der Waals surface area contributed by atoms with Gasteiger partial charge in [-0.25, -0.2) is 0 Å². The zero-order chi connectivity index (χ0) is 14.8. The van der Waals surface area contributed by atoms with Crippen LogP contribution < -0.4 is 5.32 Å². The highest BCUT2D eigenvalue weighted by atomic mass is 35.5. The number of halogens is 1. The van der Waals surface area contributed by atoms with E-state index in [1.54, 1.807) is 0 Å². The maximum atomic E-state index is 5.93. The number of thioether (sulfide) groups is 1.